The average Bonchev–Trinajstić information content (AvgIpc) is 3.14. The number of thioether (sulfide) groups is 1. The lowest BCUT2D eigenvalue weighted by atomic mass is 10.1. The zero-order chi connectivity index (χ0) is 20.4. The Hall–Kier alpha value is -2.77. The van der Waals surface area contributed by atoms with E-state index in [-0.39, 0.29) is 11.5 Å². The minimum atomic E-state index is 0.0124. The predicted octanol–water partition coefficient (Wildman–Crippen LogP) is 5.35. The molecule has 2 aromatic heterocycles. The Morgan fingerprint density at radius 2 is 1.90 bits per heavy atom. The summed E-state index contributed by atoms with van der Waals surface area (Å²) in [4.78, 5) is 17.3. The molecule has 0 atom stereocenters. The summed E-state index contributed by atoms with van der Waals surface area (Å²) >= 11 is 2.97. The SMILES string of the molecule is COc1cccc(C(=O)CSc2nnc(-c3ccc(C)cc3)c3sc(C)nc23)c1. The number of methoxy groups -OCH3 is 1. The second-order valence-corrected chi connectivity index (χ2v) is 8.74. The van der Waals surface area contributed by atoms with Crippen LogP contribution in [0.1, 0.15) is 20.9 Å². The van der Waals surface area contributed by atoms with Gasteiger partial charge in [0.05, 0.1) is 22.6 Å². The van der Waals surface area contributed by atoms with Gasteiger partial charge in [0.2, 0.25) is 0 Å². The van der Waals surface area contributed by atoms with E-state index in [0.29, 0.717) is 16.3 Å². The summed E-state index contributed by atoms with van der Waals surface area (Å²) in [6.07, 6.45) is 0. The number of benzene rings is 2. The van der Waals surface area contributed by atoms with Crippen LogP contribution in [-0.4, -0.2) is 33.8 Å². The maximum absolute atomic E-state index is 12.6. The van der Waals surface area contributed by atoms with Crippen molar-refractivity contribution in [3.05, 3.63) is 64.7 Å². The molecule has 2 heterocycles. The smallest absolute Gasteiger partial charge is 0.173 e. The fourth-order valence-corrected chi connectivity index (χ4v) is 4.74. The van der Waals surface area contributed by atoms with Crippen LogP contribution < -0.4 is 4.74 Å². The van der Waals surface area contributed by atoms with Crippen LogP contribution in [0.25, 0.3) is 21.5 Å². The van der Waals surface area contributed by atoms with Gasteiger partial charge < -0.3 is 4.74 Å². The first kappa shape index (κ1) is 19.5. The van der Waals surface area contributed by atoms with Gasteiger partial charge in [-0.15, -0.1) is 21.5 Å². The normalized spacial score (nSPS) is 11.0. The number of fused-ring (bicyclic) bond motifs is 1. The highest BCUT2D eigenvalue weighted by atomic mass is 32.2. The molecule has 0 fully saturated rings. The van der Waals surface area contributed by atoms with Gasteiger partial charge in [0.15, 0.2) is 5.78 Å². The fraction of sp³-hybridized carbons (Fsp3) is 0.182. The zero-order valence-corrected chi connectivity index (χ0v) is 17.9. The van der Waals surface area contributed by atoms with Gasteiger partial charge in [-0.1, -0.05) is 53.7 Å². The van der Waals surface area contributed by atoms with Crippen LogP contribution in [-0.2, 0) is 0 Å². The number of carbonyl (C=O) groups is 1. The van der Waals surface area contributed by atoms with E-state index in [0.717, 1.165) is 26.5 Å². The Morgan fingerprint density at radius 3 is 2.66 bits per heavy atom. The number of hydrogen-bond donors (Lipinski definition) is 0. The molecular formula is C22H19N3O2S2. The molecule has 0 aliphatic carbocycles. The quantitative estimate of drug-likeness (QED) is 0.309. The molecule has 0 amide bonds. The maximum Gasteiger partial charge on any atom is 0.173 e. The van der Waals surface area contributed by atoms with Crippen LogP contribution in [0.15, 0.2) is 53.6 Å². The predicted molar refractivity (Wildman–Crippen MR) is 118 cm³/mol. The first-order chi connectivity index (χ1) is 14.0. The molecule has 7 heteroatoms. The molecule has 146 valence electrons. The van der Waals surface area contributed by atoms with Crippen molar-refractivity contribution in [1.29, 1.82) is 0 Å². The Morgan fingerprint density at radius 1 is 1.10 bits per heavy atom. The molecule has 0 unspecified atom stereocenters. The van der Waals surface area contributed by atoms with Crippen molar-refractivity contribution in [3.8, 4) is 17.0 Å². The van der Waals surface area contributed by atoms with E-state index in [1.807, 2.05) is 31.2 Å². The van der Waals surface area contributed by atoms with Gasteiger partial charge in [-0.25, -0.2) is 4.98 Å². The lowest BCUT2D eigenvalue weighted by Crippen LogP contribution is -2.03. The zero-order valence-electron chi connectivity index (χ0n) is 16.3. The number of rotatable bonds is 6. The minimum Gasteiger partial charge on any atom is -0.497 e. The van der Waals surface area contributed by atoms with Gasteiger partial charge >= 0.3 is 0 Å². The average molecular weight is 422 g/mol. The van der Waals surface area contributed by atoms with Crippen LogP contribution >= 0.6 is 23.1 Å². The highest BCUT2D eigenvalue weighted by Crippen LogP contribution is 2.35. The second kappa shape index (κ2) is 8.31. The lowest BCUT2D eigenvalue weighted by molar-refractivity contribution is 0.102. The monoisotopic (exact) mass is 421 g/mol. The summed E-state index contributed by atoms with van der Waals surface area (Å²) < 4.78 is 6.20. The first-order valence-electron chi connectivity index (χ1n) is 9.06. The van der Waals surface area contributed by atoms with Crippen molar-refractivity contribution in [3.63, 3.8) is 0 Å². The molecule has 4 rings (SSSR count). The number of ether oxygens (including phenoxy) is 1. The van der Waals surface area contributed by atoms with Crippen molar-refractivity contribution in [2.45, 2.75) is 18.9 Å². The molecule has 29 heavy (non-hydrogen) atoms. The summed E-state index contributed by atoms with van der Waals surface area (Å²) in [7, 11) is 1.59. The molecule has 4 aromatic rings. The van der Waals surface area contributed by atoms with Crippen LogP contribution in [0.2, 0.25) is 0 Å². The third kappa shape index (κ3) is 4.16. The van der Waals surface area contributed by atoms with Gasteiger partial charge in [0.25, 0.3) is 0 Å². The number of ketones is 1. The lowest BCUT2D eigenvalue weighted by Gasteiger charge is -2.06. The summed E-state index contributed by atoms with van der Waals surface area (Å²) in [5.74, 6) is 0.941. The van der Waals surface area contributed by atoms with Crippen LogP contribution in [0, 0.1) is 13.8 Å². The molecule has 0 bridgehead atoms. The second-order valence-electron chi connectivity index (χ2n) is 6.57. The molecule has 0 radical (unpaired) electrons. The molecule has 0 saturated carbocycles. The largest absolute Gasteiger partial charge is 0.497 e. The molecular weight excluding hydrogens is 402 g/mol. The minimum absolute atomic E-state index is 0.0124. The van der Waals surface area contributed by atoms with Crippen molar-refractivity contribution >= 4 is 39.1 Å². The Bertz CT molecular complexity index is 1190. The summed E-state index contributed by atoms with van der Waals surface area (Å²) in [6, 6.07) is 15.4. The first-order valence-corrected chi connectivity index (χ1v) is 10.9. The van der Waals surface area contributed by atoms with Crippen LogP contribution in [0.3, 0.4) is 0 Å². The van der Waals surface area contributed by atoms with Gasteiger partial charge in [0, 0.05) is 11.1 Å². The Kier molecular flexibility index (Phi) is 5.60. The topological polar surface area (TPSA) is 65.0 Å². The van der Waals surface area contributed by atoms with Crippen LogP contribution in [0.4, 0.5) is 0 Å². The number of nitrogens with zero attached hydrogens (tertiary/aromatic N) is 3. The third-order valence-electron chi connectivity index (χ3n) is 4.45. The van der Waals surface area contributed by atoms with Crippen molar-refractivity contribution in [1.82, 2.24) is 15.2 Å². The molecule has 0 saturated heterocycles. The molecule has 0 aliphatic heterocycles. The number of carbonyl (C=O) groups excluding carboxylic acids is 1. The maximum atomic E-state index is 12.6. The number of aryl methyl sites for hydroxylation is 2. The van der Waals surface area contributed by atoms with Gasteiger partial charge in [0.1, 0.15) is 22.0 Å². The summed E-state index contributed by atoms with van der Waals surface area (Å²) in [5.41, 5.74) is 4.46. The third-order valence-corrected chi connectivity index (χ3v) is 6.38. The number of Topliss-reactive ketones (excluding diaryl/α,β-unsaturated/α-hetero) is 1. The molecule has 0 spiro atoms. The molecule has 0 aliphatic rings. The van der Waals surface area contributed by atoms with E-state index in [1.54, 1.807) is 30.6 Å². The van der Waals surface area contributed by atoms with E-state index >= 15 is 0 Å². The van der Waals surface area contributed by atoms with Gasteiger partial charge in [-0.2, -0.15) is 0 Å². The van der Waals surface area contributed by atoms with Crippen molar-refractivity contribution in [2.75, 3.05) is 12.9 Å². The highest BCUT2D eigenvalue weighted by molar-refractivity contribution is 8.00. The molecule has 0 N–H and O–H groups in total. The number of hydrogen-bond acceptors (Lipinski definition) is 7. The van der Waals surface area contributed by atoms with E-state index in [2.05, 4.69) is 34.2 Å². The van der Waals surface area contributed by atoms with E-state index < -0.39 is 0 Å². The molecule has 5 nitrogen and oxygen atoms in total. The summed E-state index contributed by atoms with van der Waals surface area (Å²) in [5, 5.41) is 10.5. The van der Waals surface area contributed by atoms with E-state index in [1.165, 1.54) is 17.3 Å². The fourth-order valence-electron chi connectivity index (χ4n) is 2.93. The Labute approximate surface area is 177 Å². The van der Waals surface area contributed by atoms with Crippen LogP contribution in [0.5, 0.6) is 5.75 Å². The van der Waals surface area contributed by atoms with E-state index in [9.17, 15) is 4.79 Å². The Balaban J connectivity index is 1.62. The standard InChI is InChI=1S/C22H19N3O2S2/c1-13-7-9-15(10-8-13)19-21-20(23-14(2)29-21)22(25-24-19)28-12-18(26)16-5-4-6-17(11-16)27-3/h4-11H,12H2,1-3H3. The number of thiazole rings is 1. The van der Waals surface area contributed by atoms with Crippen molar-refractivity contribution in [2.24, 2.45) is 0 Å². The van der Waals surface area contributed by atoms with Crippen molar-refractivity contribution < 1.29 is 9.53 Å². The van der Waals surface area contributed by atoms with E-state index in [4.69, 9.17) is 4.74 Å². The van der Waals surface area contributed by atoms with Gasteiger partial charge in [-0.3, -0.25) is 4.79 Å². The summed E-state index contributed by atoms with van der Waals surface area (Å²) in [6.45, 7) is 4.03. The van der Waals surface area contributed by atoms with Gasteiger partial charge in [-0.05, 0) is 26.0 Å². The number of aromatic nitrogens is 3. The molecule has 2 aromatic carbocycles. The highest BCUT2D eigenvalue weighted by Gasteiger charge is 2.17.